The van der Waals surface area contributed by atoms with Crippen LogP contribution in [-0.4, -0.2) is 41.2 Å². The standard InChI is InChI=1S/C27H38N2O4/c1-18(2)13-21(26(31)28-3)16-24(30)25(14-19-9-5-4-6-10-19)33-27(32)22-15-20-11-7-8-12-23(20)29-17-22/h7-8,11-12,15,17-19,21,24-25,30H,4-6,9-10,13-14,16H2,1-3H3,(H,28,31)/t21-,24+,25+/m1/s1. The fourth-order valence-corrected chi connectivity index (χ4v) is 4.95. The second-order valence-electron chi connectivity index (χ2n) is 9.84. The van der Waals surface area contributed by atoms with Crippen LogP contribution in [0.2, 0.25) is 0 Å². The van der Waals surface area contributed by atoms with Crippen molar-refractivity contribution < 1.29 is 19.4 Å². The normalized spacial score (nSPS) is 17.5. The molecule has 0 bridgehead atoms. The Morgan fingerprint density at radius 1 is 1.15 bits per heavy atom. The molecule has 1 aromatic carbocycles. The average Bonchev–Trinajstić information content (AvgIpc) is 2.82. The van der Waals surface area contributed by atoms with E-state index in [9.17, 15) is 14.7 Å². The Hall–Kier alpha value is -2.47. The first kappa shape index (κ1) is 25.2. The Morgan fingerprint density at radius 3 is 2.58 bits per heavy atom. The average molecular weight is 455 g/mol. The van der Waals surface area contributed by atoms with Crippen LogP contribution in [0.4, 0.5) is 0 Å². The van der Waals surface area contributed by atoms with Crippen molar-refractivity contribution in [2.75, 3.05) is 7.05 Å². The van der Waals surface area contributed by atoms with Gasteiger partial charge in [-0.05, 0) is 43.2 Å². The van der Waals surface area contributed by atoms with E-state index < -0.39 is 18.2 Å². The summed E-state index contributed by atoms with van der Waals surface area (Å²) >= 11 is 0. The maximum atomic E-state index is 13.0. The molecular weight excluding hydrogens is 416 g/mol. The number of pyridine rings is 1. The molecule has 180 valence electrons. The van der Waals surface area contributed by atoms with Gasteiger partial charge in [-0.15, -0.1) is 0 Å². The molecule has 1 saturated carbocycles. The van der Waals surface area contributed by atoms with Gasteiger partial charge in [0.25, 0.3) is 0 Å². The maximum absolute atomic E-state index is 13.0. The van der Waals surface area contributed by atoms with Gasteiger partial charge in [-0.3, -0.25) is 9.78 Å². The summed E-state index contributed by atoms with van der Waals surface area (Å²) in [5, 5.41) is 14.7. The van der Waals surface area contributed by atoms with Crippen molar-refractivity contribution >= 4 is 22.8 Å². The summed E-state index contributed by atoms with van der Waals surface area (Å²) in [5.74, 6) is -0.135. The SMILES string of the molecule is CNC(=O)[C@H](CC(C)C)C[C@H](O)[C@H](CC1CCCCC1)OC(=O)c1cnc2ccccc2c1. The number of para-hydroxylation sites is 1. The van der Waals surface area contributed by atoms with Gasteiger partial charge in [0.05, 0.1) is 17.2 Å². The van der Waals surface area contributed by atoms with Crippen LogP contribution >= 0.6 is 0 Å². The molecule has 0 saturated heterocycles. The van der Waals surface area contributed by atoms with E-state index in [0.29, 0.717) is 30.2 Å². The number of nitrogens with zero attached hydrogens (tertiary/aromatic N) is 1. The summed E-state index contributed by atoms with van der Waals surface area (Å²) in [5.41, 5.74) is 1.19. The Bertz CT molecular complexity index is 923. The predicted molar refractivity (Wildman–Crippen MR) is 130 cm³/mol. The van der Waals surface area contributed by atoms with Gasteiger partial charge in [0, 0.05) is 24.5 Å². The molecule has 3 rings (SSSR count). The minimum atomic E-state index is -0.898. The van der Waals surface area contributed by atoms with Crippen LogP contribution in [0, 0.1) is 17.8 Å². The van der Waals surface area contributed by atoms with Gasteiger partial charge in [0.1, 0.15) is 6.10 Å². The zero-order valence-electron chi connectivity index (χ0n) is 20.1. The number of rotatable bonds is 10. The molecule has 1 heterocycles. The second kappa shape index (κ2) is 12.1. The van der Waals surface area contributed by atoms with Gasteiger partial charge in [-0.1, -0.05) is 64.2 Å². The molecule has 3 atom stereocenters. The Labute approximate surface area is 197 Å². The molecule has 0 aliphatic heterocycles. The molecule has 1 amide bonds. The van der Waals surface area contributed by atoms with Gasteiger partial charge in [-0.25, -0.2) is 4.79 Å². The molecule has 2 N–H and O–H groups in total. The fraction of sp³-hybridized carbons (Fsp3) is 0.593. The molecule has 0 spiro atoms. The number of hydrogen-bond acceptors (Lipinski definition) is 5. The summed E-state index contributed by atoms with van der Waals surface area (Å²) in [6.45, 7) is 4.13. The van der Waals surface area contributed by atoms with E-state index in [0.717, 1.165) is 23.7 Å². The summed E-state index contributed by atoms with van der Waals surface area (Å²) in [6, 6.07) is 9.40. The van der Waals surface area contributed by atoms with Gasteiger partial charge < -0.3 is 15.2 Å². The van der Waals surface area contributed by atoms with E-state index >= 15 is 0 Å². The number of hydrogen-bond donors (Lipinski definition) is 2. The van der Waals surface area contributed by atoms with Crippen molar-refractivity contribution in [2.45, 2.75) is 77.4 Å². The van der Waals surface area contributed by atoms with Crippen LogP contribution in [0.15, 0.2) is 36.5 Å². The lowest BCUT2D eigenvalue weighted by Gasteiger charge is -2.31. The third-order valence-electron chi connectivity index (χ3n) is 6.70. The minimum absolute atomic E-state index is 0.0794. The lowest BCUT2D eigenvalue weighted by Crippen LogP contribution is -2.38. The largest absolute Gasteiger partial charge is 0.456 e. The van der Waals surface area contributed by atoms with Crippen molar-refractivity contribution in [3.05, 3.63) is 42.1 Å². The lowest BCUT2D eigenvalue weighted by atomic mass is 9.82. The molecule has 1 fully saturated rings. The van der Waals surface area contributed by atoms with E-state index in [1.54, 1.807) is 13.1 Å². The summed E-state index contributed by atoms with van der Waals surface area (Å²) in [6.07, 6.45) is 7.31. The number of benzene rings is 1. The van der Waals surface area contributed by atoms with E-state index in [-0.39, 0.29) is 18.2 Å². The Morgan fingerprint density at radius 2 is 1.88 bits per heavy atom. The van der Waals surface area contributed by atoms with Gasteiger partial charge in [0.15, 0.2) is 0 Å². The second-order valence-corrected chi connectivity index (χ2v) is 9.84. The Kier molecular flexibility index (Phi) is 9.24. The fourth-order valence-electron chi connectivity index (χ4n) is 4.95. The van der Waals surface area contributed by atoms with Crippen molar-refractivity contribution in [3.63, 3.8) is 0 Å². The van der Waals surface area contributed by atoms with Crippen LogP contribution in [0.25, 0.3) is 10.9 Å². The van der Waals surface area contributed by atoms with E-state index in [2.05, 4.69) is 24.1 Å². The number of fused-ring (bicyclic) bond motifs is 1. The van der Waals surface area contributed by atoms with E-state index in [1.807, 2.05) is 24.3 Å². The molecule has 1 aliphatic carbocycles. The van der Waals surface area contributed by atoms with Crippen LogP contribution in [0.1, 0.15) is 75.6 Å². The van der Waals surface area contributed by atoms with Crippen molar-refractivity contribution in [1.29, 1.82) is 0 Å². The molecule has 6 nitrogen and oxygen atoms in total. The first-order valence-corrected chi connectivity index (χ1v) is 12.3. The number of esters is 1. The quantitative estimate of drug-likeness (QED) is 0.499. The highest BCUT2D eigenvalue weighted by Gasteiger charge is 2.32. The number of nitrogens with one attached hydrogen (secondary N) is 1. The summed E-state index contributed by atoms with van der Waals surface area (Å²) in [7, 11) is 1.62. The van der Waals surface area contributed by atoms with Gasteiger partial charge in [-0.2, -0.15) is 0 Å². The lowest BCUT2D eigenvalue weighted by molar-refractivity contribution is -0.127. The maximum Gasteiger partial charge on any atom is 0.340 e. The smallest absolute Gasteiger partial charge is 0.340 e. The topological polar surface area (TPSA) is 88.5 Å². The predicted octanol–water partition coefficient (Wildman–Crippen LogP) is 4.89. The van der Waals surface area contributed by atoms with Gasteiger partial charge >= 0.3 is 5.97 Å². The van der Waals surface area contributed by atoms with Crippen molar-refractivity contribution in [1.82, 2.24) is 10.3 Å². The van der Waals surface area contributed by atoms with Crippen LogP contribution < -0.4 is 5.32 Å². The van der Waals surface area contributed by atoms with Gasteiger partial charge in [0.2, 0.25) is 5.91 Å². The molecule has 1 aromatic heterocycles. The summed E-state index contributed by atoms with van der Waals surface area (Å²) in [4.78, 5) is 29.8. The first-order chi connectivity index (χ1) is 15.9. The zero-order chi connectivity index (χ0) is 23.8. The van der Waals surface area contributed by atoms with Crippen LogP contribution in [-0.2, 0) is 9.53 Å². The van der Waals surface area contributed by atoms with E-state index in [1.165, 1.54) is 25.5 Å². The van der Waals surface area contributed by atoms with Crippen LogP contribution in [0.3, 0.4) is 0 Å². The number of carbonyl (C=O) groups is 2. The first-order valence-electron chi connectivity index (χ1n) is 12.3. The van der Waals surface area contributed by atoms with E-state index in [4.69, 9.17) is 4.74 Å². The number of ether oxygens (including phenoxy) is 1. The zero-order valence-corrected chi connectivity index (χ0v) is 20.1. The molecule has 1 aliphatic rings. The third kappa shape index (κ3) is 7.26. The third-order valence-corrected chi connectivity index (χ3v) is 6.70. The number of carbonyl (C=O) groups excluding carboxylic acids is 2. The number of aliphatic hydroxyl groups excluding tert-OH is 1. The van der Waals surface area contributed by atoms with Crippen molar-refractivity contribution in [3.8, 4) is 0 Å². The molecule has 6 heteroatoms. The summed E-state index contributed by atoms with van der Waals surface area (Å²) < 4.78 is 5.91. The minimum Gasteiger partial charge on any atom is -0.456 e. The molecule has 2 aromatic rings. The molecule has 0 unspecified atom stereocenters. The number of aromatic nitrogens is 1. The highest BCUT2D eigenvalue weighted by Crippen LogP contribution is 2.31. The number of aliphatic hydroxyl groups is 1. The Balaban J connectivity index is 1.76. The monoisotopic (exact) mass is 454 g/mol. The molecular formula is C27H38N2O4. The molecule has 33 heavy (non-hydrogen) atoms. The molecule has 0 radical (unpaired) electrons. The number of amides is 1. The highest BCUT2D eigenvalue weighted by atomic mass is 16.6. The van der Waals surface area contributed by atoms with Crippen LogP contribution in [0.5, 0.6) is 0 Å². The highest BCUT2D eigenvalue weighted by molar-refractivity contribution is 5.93. The van der Waals surface area contributed by atoms with Crippen molar-refractivity contribution in [2.24, 2.45) is 17.8 Å².